The van der Waals surface area contributed by atoms with Crippen molar-refractivity contribution in [1.82, 2.24) is 4.90 Å². The summed E-state index contributed by atoms with van der Waals surface area (Å²) < 4.78 is 13.8. The highest BCUT2D eigenvalue weighted by molar-refractivity contribution is 9.10. The fourth-order valence-corrected chi connectivity index (χ4v) is 2.62. The molecule has 18 heavy (non-hydrogen) atoms. The van der Waals surface area contributed by atoms with Gasteiger partial charge in [-0.3, -0.25) is 4.79 Å². The van der Waals surface area contributed by atoms with E-state index < -0.39 is 5.82 Å². The van der Waals surface area contributed by atoms with Crippen LogP contribution in [0.4, 0.5) is 4.39 Å². The second-order valence-corrected chi connectivity index (χ2v) is 5.45. The van der Waals surface area contributed by atoms with Gasteiger partial charge in [-0.15, -0.1) is 0 Å². The predicted molar refractivity (Wildman–Crippen MR) is 71.8 cm³/mol. The van der Waals surface area contributed by atoms with Gasteiger partial charge in [-0.2, -0.15) is 0 Å². The van der Waals surface area contributed by atoms with Crippen molar-refractivity contribution in [3.63, 3.8) is 0 Å². The minimum atomic E-state index is -0.390. The molecule has 1 aromatic carbocycles. The Bertz CT molecular complexity index is 445. The van der Waals surface area contributed by atoms with Crippen LogP contribution in [0.3, 0.4) is 0 Å². The maximum atomic E-state index is 13.2. The predicted octanol–water partition coefficient (Wildman–Crippen LogP) is 2.40. The summed E-state index contributed by atoms with van der Waals surface area (Å²) in [6.45, 7) is 2.07. The molecule has 1 aliphatic heterocycles. The van der Waals surface area contributed by atoms with Crippen LogP contribution in [0.2, 0.25) is 0 Å². The van der Waals surface area contributed by atoms with Gasteiger partial charge in [-0.05, 0) is 59.4 Å². The average Bonchev–Trinajstić information content (AvgIpc) is 2.41. The Morgan fingerprint density at radius 3 is 2.72 bits per heavy atom. The molecule has 1 fully saturated rings. The molecule has 0 aromatic heterocycles. The fraction of sp³-hybridized carbons (Fsp3) is 0.462. The molecular formula is C13H16BrFN2O. The zero-order valence-corrected chi connectivity index (χ0v) is 11.6. The molecular weight excluding hydrogens is 299 g/mol. The van der Waals surface area contributed by atoms with Crippen LogP contribution < -0.4 is 5.73 Å². The normalized spacial score (nSPS) is 16.9. The smallest absolute Gasteiger partial charge is 0.255 e. The molecule has 1 aromatic rings. The van der Waals surface area contributed by atoms with Gasteiger partial charge in [0.25, 0.3) is 5.91 Å². The molecule has 0 atom stereocenters. The molecule has 0 spiro atoms. The number of benzene rings is 1. The monoisotopic (exact) mass is 314 g/mol. The molecule has 98 valence electrons. The van der Waals surface area contributed by atoms with E-state index in [2.05, 4.69) is 15.9 Å². The van der Waals surface area contributed by atoms with Gasteiger partial charge in [0.1, 0.15) is 5.82 Å². The number of piperidine rings is 1. The second kappa shape index (κ2) is 5.80. The molecule has 5 heteroatoms. The third-order valence-electron chi connectivity index (χ3n) is 3.39. The number of carbonyl (C=O) groups is 1. The molecule has 0 unspecified atom stereocenters. The zero-order valence-electron chi connectivity index (χ0n) is 10.0. The Hall–Kier alpha value is -0.940. The minimum absolute atomic E-state index is 0.114. The van der Waals surface area contributed by atoms with Crippen LogP contribution in [0.5, 0.6) is 0 Å². The first kappa shape index (κ1) is 13.5. The Labute approximate surface area is 114 Å². The number of nitrogens with two attached hydrogens (primary N) is 1. The number of amides is 1. The van der Waals surface area contributed by atoms with E-state index >= 15 is 0 Å². The van der Waals surface area contributed by atoms with E-state index in [0.717, 1.165) is 12.8 Å². The quantitative estimate of drug-likeness (QED) is 0.911. The van der Waals surface area contributed by atoms with Crippen LogP contribution in [0, 0.1) is 11.7 Å². The highest BCUT2D eigenvalue weighted by Gasteiger charge is 2.24. The zero-order chi connectivity index (χ0) is 13.1. The van der Waals surface area contributed by atoms with E-state index in [1.165, 1.54) is 12.1 Å². The van der Waals surface area contributed by atoms with Gasteiger partial charge in [0.05, 0.1) is 5.56 Å². The summed E-state index contributed by atoms with van der Waals surface area (Å²) in [7, 11) is 0. The summed E-state index contributed by atoms with van der Waals surface area (Å²) in [5.41, 5.74) is 6.01. The number of halogens is 2. The lowest BCUT2D eigenvalue weighted by atomic mass is 9.96. The van der Waals surface area contributed by atoms with E-state index in [1.54, 1.807) is 11.0 Å². The van der Waals surface area contributed by atoms with Gasteiger partial charge >= 0.3 is 0 Å². The van der Waals surface area contributed by atoms with E-state index in [9.17, 15) is 9.18 Å². The highest BCUT2D eigenvalue weighted by atomic mass is 79.9. The van der Waals surface area contributed by atoms with Crippen molar-refractivity contribution >= 4 is 21.8 Å². The molecule has 1 heterocycles. The lowest BCUT2D eigenvalue weighted by Crippen LogP contribution is -2.40. The van der Waals surface area contributed by atoms with Crippen LogP contribution in [0.25, 0.3) is 0 Å². The summed E-state index contributed by atoms with van der Waals surface area (Å²) >= 11 is 3.29. The third kappa shape index (κ3) is 2.90. The van der Waals surface area contributed by atoms with Gasteiger partial charge in [0, 0.05) is 17.6 Å². The van der Waals surface area contributed by atoms with Gasteiger partial charge < -0.3 is 10.6 Å². The number of hydrogen-bond donors (Lipinski definition) is 1. The van der Waals surface area contributed by atoms with Gasteiger partial charge in [-0.25, -0.2) is 4.39 Å². The molecule has 2 N–H and O–H groups in total. The van der Waals surface area contributed by atoms with Crippen molar-refractivity contribution in [2.75, 3.05) is 19.6 Å². The topological polar surface area (TPSA) is 46.3 Å². The molecule has 0 saturated carbocycles. The third-order valence-corrected chi connectivity index (χ3v) is 4.09. The van der Waals surface area contributed by atoms with E-state index in [4.69, 9.17) is 5.73 Å². The standard InChI is InChI=1S/C13H16BrFN2O/c14-12-2-1-10(15)7-11(12)13(18)17-5-3-9(8-16)4-6-17/h1-2,7,9H,3-6,8,16H2. The van der Waals surface area contributed by atoms with Crippen molar-refractivity contribution < 1.29 is 9.18 Å². The molecule has 1 aliphatic rings. The lowest BCUT2D eigenvalue weighted by molar-refractivity contribution is 0.0692. The SMILES string of the molecule is NCC1CCN(C(=O)c2cc(F)ccc2Br)CC1. The highest BCUT2D eigenvalue weighted by Crippen LogP contribution is 2.23. The molecule has 0 radical (unpaired) electrons. The molecule has 1 saturated heterocycles. The molecule has 3 nitrogen and oxygen atoms in total. The summed E-state index contributed by atoms with van der Waals surface area (Å²) in [6.07, 6.45) is 1.85. The first-order valence-corrected chi connectivity index (χ1v) is 6.85. The summed E-state index contributed by atoms with van der Waals surface area (Å²) in [5, 5.41) is 0. The maximum Gasteiger partial charge on any atom is 0.255 e. The Balaban J connectivity index is 2.10. The Kier molecular flexibility index (Phi) is 4.35. The van der Waals surface area contributed by atoms with Crippen molar-refractivity contribution in [2.24, 2.45) is 11.7 Å². The van der Waals surface area contributed by atoms with Crippen LogP contribution in [0.1, 0.15) is 23.2 Å². The first-order chi connectivity index (χ1) is 8.61. The maximum absolute atomic E-state index is 13.2. The first-order valence-electron chi connectivity index (χ1n) is 6.06. The van der Waals surface area contributed by atoms with Crippen molar-refractivity contribution in [3.8, 4) is 0 Å². The van der Waals surface area contributed by atoms with Crippen LogP contribution in [-0.2, 0) is 0 Å². The molecule has 0 aliphatic carbocycles. The molecule has 1 amide bonds. The van der Waals surface area contributed by atoms with E-state index in [0.29, 0.717) is 35.6 Å². The summed E-state index contributed by atoms with van der Waals surface area (Å²) in [5.74, 6) is 0.000223. The molecule has 2 rings (SSSR count). The Morgan fingerprint density at radius 2 is 2.11 bits per heavy atom. The number of hydrogen-bond acceptors (Lipinski definition) is 2. The Morgan fingerprint density at radius 1 is 1.44 bits per heavy atom. The average molecular weight is 315 g/mol. The minimum Gasteiger partial charge on any atom is -0.339 e. The fourth-order valence-electron chi connectivity index (χ4n) is 2.20. The van der Waals surface area contributed by atoms with E-state index in [1.807, 2.05) is 0 Å². The summed E-state index contributed by atoms with van der Waals surface area (Å²) in [4.78, 5) is 14.0. The van der Waals surface area contributed by atoms with Crippen LogP contribution in [-0.4, -0.2) is 30.4 Å². The number of nitrogens with zero attached hydrogens (tertiary/aromatic N) is 1. The number of carbonyl (C=O) groups excluding carboxylic acids is 1. The number of rotatable bonds is 2. The molecule has 0 bridgehead atoms. The lowest BCUT2D eigenvalue weighted by Gasteiger charge is -2.31. The van der Waals surface area contributed by atoms with Crippen LogP contribution >= 0.6 is 15.9 Å². The van der Waals surface area contributed by atoms with Crippen molar-refractivity contribution in [1.29, 1.82) is 0 Å². The van der Waals surface area contributed by atoms with Gasteiger partial charge in [0.2, 0.25) is 0 Å². The second-order valence-electron chi connectivity index (χ2n) is 4.60. The van der Waals surface area contributed by atoms with E-state index in [-0.39, 0.29) is 5.91 Å². The summed E-state index contributed by atoms with van der Waals surface area (Å²) in [6, 6.07) is 4.18. The van der Waals surface area contributed by atoms with Crippen molar-refractivity contribution in [2.45, 2.75) is 12.8 Å². The van der Waals surface area contributed by atoms with Crippen LogP contribution in [0.15, 0.2) is 22.7 Å². The largest absolute Gasteiger partial charge is 0.339 e. The van der Waals surface area contributed by atoms with Crippen molar-refractivity contribution in [3.05, 3.63) is 34.1 Å². The number of likely N-dealkylation sites (tertiary alicyclic amines) is 1. The van der Waals surface area contributed by atoms with Gasteiger partial charge in [0.15, 0.2) is 0 Å². The van der Waals surface area contributed by atoms with Gasteiger partial charge in [-0.1, -0.05) is 0 Å².